The predicted octanol–water partition coefficient (Wildman–Crippen LogP) is 3.72. The van der Waals surface area contributed by atoms with E-state index in [0.29, 0.717) is 0 Å². The molecule has 23 heavy (non-hydrogen) atoms. The second kappa shape index (κ2) is 6.74. The molecular formula is C14H10Cl2FNO4S. The SMILES string of the molecule is COC(=O)c1ccc(Cl)c(S(=O)(=O)Nc2ccc(F)cc2Cl)c1. The van der Waals surface area contributed by atoms with Gasteiger partial charge in [-0.15, -0.1) is 0 Å². The highest BCUT2D eigenvalue weighted by Gasteiger charge is 2.21. The zero-order chi connectivity index (χ0) is 17.2. The Kier molecular flexibility index (Phi) is 5.13. The molecule has 2 aromatic rings. The Morgan fingerprint density at radius 1 is 1.13 bits per heavy atom. The quantitative estimate of drug-likeness (QED) is 0.824. The fourth-order valence-electron chi connectivity index (χ4n) is 1.73. The third kappa shape index (κ3) is 3.93. The summed E-state index contributed by atoms with van der Waals surface area (Å²) in [6.07, 6.45) is 0. The molecule has 0 bridgehead atoms. The highest BCUT2D eigenvalue weighted by molar-refractivity contribution is 7.92. The Morgan fingerprint density at radius 3 is 2.43 bits per heavy atom. The lowest BCUT2D eigenvalue weighted by Crippen LogP contribution is -2.15. The molecule has 0 fully saturated rings. The van der Waals surface area contributed by atoms with Crippen molar-refractivity contribution in [3.63, 3.8) is 0 Å². The fraction of sp³-hybridized carbons (Fsp3) is 0.0714. The van der Waals surface area contributed by atoms with Crippen molar-refractivity contribution in [1.29, 1.82) is 0 Å². The third-order valence-corrected chi connectivity index (χ3v) is 4.98. The molecule has 0 aliphatic heterocycles. The number of benzene rings is 2. The number of carbonyl (C=O) groups is 1. The van der Waals surface area contributed by atoms with Crippen molar-refractivity contribution < 1.29 is 22.3 Å². The molecule has 122 valence electrons. The summed E-state index contributed by atoms with van der Waals surface area (Å²) in [5.74, 6) is -1.32. The maximum Gasteiger partial charge on any atom is 0.337 e. The normalized spacial score (nSPS) is 11.1. The number of esters is 1. The van der Waals surface area contributed by atoms with Crippen molar-refractivity contribution in [3.05, 3.63) is 57.8 Å². The van der Waals surface area contributed by atoms with Crippen LogP contribution in [0.25, 0.3) is 0 Å². The summed E-state index contributed by atoms with van der Waals surface area (Å²) in [6, 6.07) is 6.86. The molecule has 0 amide bonds. The Hall–Kier alpha value is -1.83. The van der Waals surface area contributed by atoms with Crippen LogP contribution in [0.3, 0.4) is 0 Å². The van der Waals surface area contributed by atoms with Crippen molar-refractivity contribution >= 4 is 44.9 Å². The molecule has 0 saturated heterocycles. The Bertz CT molecular complexity index is 871. The zero-order valence-corrected chi connectivity index (χ0v) is 14.0. The van der Waals surface area contributed by atoms with Crippen LogP contribution in [0.15, 0.2) is 41.3 Å². The average Bonchev–Trinajstić information content (AvgIpc) is 2.49. The molecule has 0 heterocycles. The van der Waals surface area contributed by atoms with Gasteiger partial charge in [-0.05, 0) is 36.4 Å². The maximum atomic E-state index is 13.0. The van der Waals surface area contributed by atoms with E-state index in [-0.39, 0.29) is 26.2 Å². The van der Waals surface area contributed by atoms with Crippen LogP contribution in [0.1, 0.15) is 10.4 Å². The van der Waals surface area contributed by atoms with Crippen LogP contribution in [-0.2, 0) is 14.8 Å². The van der Waals surface area contributed by atoms with Gasteiger partial charge < -0.3 is 4.74 Å². The lowest BCUT2D eigenvalue weighted by molar-refractivity contribution is 0.0600. The summed E-state index contributed by atoms with van der Waals surface area (Å²) in [5.41, 5.74) is -0.00455. The van der Waals surface area contributed by atoms with E-state index in [1.54, 1.807) is 0 Å². The number of anilines is 1. The van der Waals surface area contributed by atoms with Crippen LogP contribution >= 0.6 is 23.2 Å². The van der Waals surface area contributed by atoms with Crippen molar-refractivity contribution in [2.45, 2.75) is 4.90 Å². The number of ether oxygens (including phenoxy) is 1. The summed E-state index contributed by atoms with van der Waals surface area (Å²) in [6.45, 7) is 0. The molecule has 5 nitrogen and oxygen atoms in total. The summed E-state index contributed by atoms with van der Waals surface area (Å²) < 4.78 is 44.6. The van der Waals surface area contributed by atoms with Gasteiger partial charge in [0.05, 0.1) is 28.4 Å². The molecule has 0 atom stereocenters. The molecule has 0 aliphatic carbocycles. The lowest BCUT2D eigenvalue weighted by Gasteiger charge is -2.11. The monoisotopic (exact) mass is 377 g/mol. The number of hydrogen-bond donors (Lipinski definition) is 1. The minimum atomic E-state index is -4.14. The summed E-state index contributed by atoms with van der Waals surface area (Å²) in [5, 5.41) is -0.211. The number of hydrogen-bond acceptors (Lipinski definition) is 4. The lowest BCUT2D eigenvalue weighted by atomic mass is 10.2. The van der Waals surface area contributed by atoms with Crippen molar-refractivity contribution in [2.24, 2.45) is 0 Å². The molecule has 0 radical (unpaired) electrons. The van der Waals surface area contributed by atoms with E-state index in [1.807, 2.05) is 0 Å². The number of carbonyl (C=O) groups excluding carboxylic acids is 1. The highest BCUT2D eigenvalue weighted by atomic mass is 35.5. The first kappa shape index (κ1) is 17.5. The van der Waals surface area contributed by atoms with Crippen molar-refractivity contribution in [2.75, 3.05) is 11.8 Å². The third-order valence-electron chi connectivity index (χ3n) is 2.82. The first-order valence-corrected chi connectivity index (χ1v) is 8.34. The standard InChI is InChI=1S/C14H10Cl2FNO4S/c1-22-14(19)8-2-4-10(15)13(6-8)23(20,21)18-12-5-3-9(17)7-11(12)16/h2-7,18H,1H3. The van der Waals surface area contributed by atoms with Crippen molar-refractivity contribution in [1.82, 2.24) is 0 Å². The topological polar surface area (TPSA) is 72.5 Å². The van der Waals surface area contributed by atoms with Gasteiger partial charge in [0.2, 0.25) is 0 Å². The predicted molar refractivity (Wildman–Crippen MR) is 85.0 cm³/mol. The number of rotatable bonds is 4. The summed E-state index contributed by atoms with van der Waals surface area (Å²) in [7, 11) is -2.97. The first-order valence-electron chi connectivity index (χ1n) is 6.10. The molecule has 0 aromatic heterocycles. The summed E-state index contributed by atoms with van der Waals surface area (Å²) >= 11 is 11.7. The van der Waals surface area contributed by atoms with Crippen LogP contribution < -0.4 is 4.72 Å². The molecule has 0 saturated carbocycles. The number of methoxy groups -OCH3 is 1. The number of halogens is 3. The Morgan fingerprint density at radius 2 is 1.83 bits per heavy atom. The molecule has 0 spiro atoms. The molecule has 0 unspecified atom stereocenters. The van der Waals surface area contributed by atoms with Crippen LogP contribution in [-0.4, -0.2) is 21.5 Å². The fourth-order valence-corrected chi connectivity index (χ4v) is 3.60. The smallest absolute Gasteiger partial charge is 0.337 e. The molecule has 2 aromatic carbocycles. The first-order chi connectivity index (χ1) is 10.7. The van der Waals surface area contributed by atoms with E-state index < -0.39 is 21.8 Å². The largest absolute Gasteiger partial charge is 0.465 e. The van der Waals surface area contributed by atoms with Crippen LogP contribution in [0.5, 0.6) is 0 Å². The van der Waals surface area contributed by atoms with Gasteiger partial charge in [-0.1, -0.05) is 23.2 Å². The van der Waals surface area contributed by atoms with Gasteiger partial charge in [-0.25, -0.2) is 17.6 Å². The Labute approximate surface area is 142 Å². The minimum Gasteiger partial charge on any atom is -0.465 e. The highest BCUT2D eigenvalue weighted by Crippen LogP contribution is 2.28. The second-order valence-corrected chi connectivity index (χ2v) is 6.83. The number of nitrogens with one attached hydrogen (secondary N) is 1. The van der Waals surface area contributed by atoms with Gasteiger partial charge in [-0.2, -0.15) is 0 Å². The van der Waals surface area contributed by atoms with Crippen LogP contribution in [0.2, 0.25) is 10.0 Å². The molecule has 9 heteroatoms. The van der Waals surface area contributed by atoms with E-state index in [0.717, 1.165) is 18.2 Å². The van der Waals surface area contributed by atoms with E-state index in [2.05, 4.69) is 9.46 Å². The van der Waals surface area contributed by atoms with E-state index >= 15 is 0 Å². The van der Waals surface area contributed by atoms with Gasteiger partial charge in [0.25, 0.3) is 10.0 Å². The Balaban J connectivity index is 2.45. The zero-order valence-electron chi connectivity index (χ0n) is 11.6. The molecule has 0 aliphatic rings. The summed E-state index contributed by atoms with van der Waals surface area (Å²) in [4.78, 5) is 11.2. The van der Waals surface area contributed by atoms with Gasteiger partial charge in [-0.3, -0.25) is 4.72 Å². The van der Waals surface area contributed by atoms with Gasteiger partial charge >= 0.3 is 5.97 Å². The van der Waals surface area contributed by atoms with Crippen LogP contribution in [0.4, 0.5) is 10.1 Å². The molecular weight excluding hydrogens is 368 g/mol. The number of sulfonamides is 1. The minimum absolute atomic E-state index is 0.0162. The second-order valence-electron chi connectivity index (χ2n) is 4.37. The van der Waals surface area contributed by atoms with E-state index in [1.165, 1.54) is 25.3 Å². The maximum absolute atomic E-state index is 13.0. The van der Waals surface area contributed by atoms with Crippen molar-refractivity contribution in [3.8, 4) is 0 Å². The molecule has 1 N–H and O–H groups in total. The van der Waals surface area contributed by atoms with Gasteiger partial charge in [0.15, 0.2) is 0 Å². The molecule has 2 rings (SSSR count). The van der Waals surface area contributed by atoms with Crippen LogP contribution in [0, 0.1) is 5.82 Å². The average molecular weight is 378 g/mol. The van der Waals surface area contributed by atoms with Gasteiger partial charge in [0, 0.05) is 0 Å². The van der Waals surface area contributed by atoms with Gasteiger partial charge in [0.1, 0.15) is 10.7 Å². The van der Waals surface area contributed by atoms with E-state index in [9.17, 15) is 17.6 Å². The van der Waals surface area contributed by atoms with E-state index in [4.69, 9.17) is 23.2 Å².